The van der Waals surface area contributed by atoms with Gasteiger partial charge in [-0.25, -0.2) is 4.39 Å². The number of halogens is 1. The lowest BCUT2D eigenvalue weighted by molar-refractivity contribution is -0.124. The number of primary amides is 1. The van der Waals surface area contributed by atoms with E-state index >= 15 is 0 Å². The molecule has 2 amide bonds. The number of nitrogens with two attached hydrogens (primary N) is 1. The van der Waals surface area contributed by atoms with Gasteiger partial charge in [-0.2, -0.15) is 0 Å². The minimum atomic E-state index is -1.01. The number of nitrogens with zero attached hydrogens (tertiary/aromatic N) is 1. The Bertz CT molecular complexity index is 593. The third kappa shape index (κ3) is 2.89. The molecule has 1 aliphatic carbocycles. The standard InChI is InChI=1S/C15H19FN2O4/c1-18(11-5-4-9(13(11)19)14(17)20)15(21)8-3-6-12(22-2)10(16)7-8/h3,6-7,9,11,13,19H,4-5H2,1-2H3,(H2,17,20)/t9-,11-,13+/m1/s1. The molecule has 0 heterocycles. The van der Waals surface area contributed by atoms with Crippen molar-refractivity contribution < 1.29 is 23.8 Å². The molecule has 1 fully saturated rings. The molecule has 22 heavy (non-hydrogen) atoms. The van der Waals surface area contributed by atoms with Crippen LogP contribution in [0.4, 0.5) is 4.39 Å². The van der Waals surface area contributed by atoms with Crippen molar-refractivity contribution in [2.75, 3.05) is 14.2 Å². The second-order valence-electron chi connectivity index (χ2n) is 5.41. The first-order valence-electron chi connectivity index (χ1n) is 6.95. The summed E-state index contributed by atoms with van der Waals surface area (Å²) >= 11 is 0. The van der Waals surface area contributed by atoms with Gasteiger partial charge in [0.2, 0.25) is 5.91 Å². The van der Waals surface area contributed by atoms with Gasteiger partial charge in [-0.15, -0.1) is 0 Å². The molecular formula is C15H19FN2O4. The second kappa shape index (κ2) is 6.31. The van der Waals surface area contributed by atoms with E-state index in [0.29, 0.717) is 12.8 Å². The highest BCUT2D eigenvalue weighted by Gasteiger charge is 2.41. The summed E-state index contributed by atoms with van der Waals surface area (Å²) in [7, 11) is 2.85. The van der Waals surface area contributed by atoms with Crippen LogP contribution in [0.1, 0.15) is 23.2 Å². The first-order valence-corrected chi connectivity index (χ1v) is 6.95. The fourth-order valence-corrected chi connectivity index (χ4v) is 2.85. The fourth-order valence-electron chi connectivity index (χ4n) is 2.85. The highest BCUT2D eigenvalue weighted by Crippen LogP contribution is 2.30. The van der Waals surface area contributed by atoms with Crippen LogP contribution >= 0.6 is 0 Å². The third-order valence-corrected chi connectivity index (χ3v) is 4.16. The molecule has 1 aromatic rings. The van der Waals surface area contributed by atoms with Gasteiger partial charge in [0.05, 0.1) is 25.2 Å². The van der Waals surface area contributed by atoms with E-state index in [4.69, 9.17) is 10.5 Å². The summed E-state index contributed by atoms with van der Waals surface area (Å²) in [5.74, 6) is -2.26. The van der Waals surface area contributed by atoms with Crippen molar-refractivity contribution in [3.8, 4) is 5.75 Å². The molecule has 0 unspecified atom stereocenters. The predicted molar refractivity (Wildman–Crippen MR) is 76.8 cm³/mol. The Kier molecular flexibility index (Phi) is 4.65. The second-order valence-corrected chi connectivity index (χ2v) is 5.41. The fraction of sp³-hybridized carbons (Fsp3) is 0.467. The number of benzene rings is 1. The van der Waals surface area contributed by atoms with Crippen LogP contribution in [0.15, 0.2) is 18.2 Å². The lowest BCUT2D eigenvalue weighted by atomic mass is 10.0. The molecule has 6 nitrogen and oxygen atoms in total. The first kappa shape index (κ1) is 16.2. The van der Waals surface area contributed by atoms with Crippen LogP contribution in [0, 0.1) is 11.7 Å². The highest BCUT2D eigenvalue weighted by atomic mass is 19.1. The summed E-state index contributed by atoms with van der Waals surface area (Å²) in [5, 5.41) is 10.1. The molecule has 0 bridgehead atoms. The zero-order valence-corrected chi connectivity index (χ0v) is 12.5. The third-order valence-electron chi connectivity index (χ3n) is 4.16. The van der Waals surface area contributed by atoms with Crippen molar-refractivity contribution >= 4 is 11.8 Å². The van der Waals surface area contributed by atoms with Gasteiger partial charge >= 0.3 is 0 Å². The molecule has 1 aromatic carbocycles. The SMILES string of the molecule is COc1ccc(C(=O)N(C)[C@@H]2CC[C@@H](C(N)=O)[C@@H]2O)cc1F. The van der Waals surface area contributed by atoms with Crippen LogP contribution in [0.3, 0.4) is 0 Å². The zero-order chi connectivity index (χ0) is 16.4. The smallest absolute Gasteiger partial charge is 0.254 e. The Morgan fingerprint density at radius 1 is 1.41 bits per heavy atom. The average Bonchev–Trinajstić information content (AvgIpc) is 2.87. The van der Waals surface area contributed by atoms with E-state index < -0.39 is 35.7 Å². The lowest BCUT2D eigenvalue weighted by Crippen LogP contribution is -2.45. The molecular weight excluding hydrogens is 291 g/mol. The Labute approximate surface area is 127 Å². The summed E-state index contributed by atoms with van der Waals surface area (Å²) in [6.07, 6.45) is -0.111. The summed E-state index contributed by atoms with van der Waals surface area (Å²) in [4.78, 5) is 25.0. The van der Waals surface area contributed by atoms with Crippen molar-refractivity contribution in [3.05, 3.63) is 29.6 Å². The first-order chi connectivity index (χ1) is 10.4. The van der Waals surface area contributed by atoms with E-state index in [0.717, 1.165) is 6.07 Å². The number of amides is 2. The molecule has 2 rings (SSSR count). The monoisotopic (exact) mass is 310 g/mol. The number of hydrogen-bond acceptors (Lipinski definition) is 4. The maximum atomic E-state index is 13.7. The lowest BCUT2D eigenvalue weighted by Gasteiger charge is -2.28. The van der Waals surface area contributed by atoms with Gasteiger partial charge in [0.25, 0.3) is 5.91 Å². The van der Waals surface area contributed by atoms with Crippen LogP contribution in [-0.2, 0) is 4.79 Å². The molecule has 0 aromatic heterocycles. The summed E-state index contributed by atoms with van der Waals surface area (Å²) in [5.41, 5.74) is 5.37. The molecule has 7 heteroatoms. The summed E-state index contributed by atoms with van der Waals surface area (Å²) < 4.78 is 18.5. The molecule has 0 aliphatic heterocycles. The van der Waals surface area contributed by atoms with Crippen molar-refractivity contribution in [2.24, 2.45) is 11.7 Å². The van der Waals surface area contributed by atoms with Crippen molar-refractivity contribution in [1.82, 2.24) is 4.90 Å². The van der Waals surface area contributed by atoms with Gasteiger partial charge in [0.15, 0.2) is 11.6 Å². The molecule has 0 radical (unpaired) electrons. The number of rotatable bonds is 4. The molecule has 0 spiro atoms. The zero-order valence-electron chi connectivity index (χ0n) is 12.5. The number of carbonyl (C=O) groups is 2. The maximum absolute atomic E-state index is 13.7. The Hall–Kier alpha value is -2.15. The largest absolute Gasteiger partial charge is 0.494 e. The predicted octanol–water partition coefficient (Wildman–Crippen LogP) is 0.531. The quantitative estimate of drug-likeness (QED) is 0.848. The highest BCUT2D eigenvalue weighted by molar-refractivity contribution is 5.94. The topological polar surface area (TPSA) is 92.9 Å². The average molecular weight is 310 g/mol. The molecule has 3 N–H and O–H groups in total. The van der Waals surface area contributed by atoms with Crippen LogP contribution < -0.4 is 10.5 Å². The molecule has 0 saturated heterocycles. The Morgan fingerprint density at radius 2 is 2.09 bits per heavy atom. The van der Waals surface area contributed by atoms with Crippen LogP contribution in [0.25, 0.3) is 0 Å². The van der Waals surface area contributed by atoms with E-state index in [1.165, 1.54) is 31.2 Å². The maximum Gasteiger partial charge on any atom is 0.254 e. The van der Waals surface area contributed by atoms with Gasteiger partial charge in [0.1, 0.15) is 0 Å². The minimum absolute atomic E-state index is 0.0499. The van der Waals surface area contributed by atoms with E-state index in [9.17, 15) is 19.1 Å². The van der Waals surface area contributed by atoms with Crippen LogP contribution in [-0.4, -0.2) is 48.1 Å². The van der Waals surface area contributed by atoms with Gasteiger partial charge in [-0.1, -0.05) is 0 Å². The summed E-state index contributed by atoms with van der Waals surface area (Å²) in [6.45, 7) is 0. The van der Waals surface area contributed by atoms with E-state index in [1.807, 2.05) is 0 Å². The van der Waals surface area contributed by atoms with Gasteiger partial charge in [0, 0.05) is 12.6 Å². The van der Waals surface area contributed by atoms with E-state index in [2.05, 4.69) is 0 Å². The van der Waals surface area contributed by atoms with Crippen molar-refractivity contribution in [2.45, 2.75) is 25.0 Å². The molecule has 1 aliphatic rings. The molecule has 1 saturated carbocycles. The van der Waals surface area contributed by atoms with Gasteiger partial charge in [-0.05, 0) is 31.0 Å². The van der Waals surface area contributed by atoms with Crippen LogP contribution in [0.2, 0.25) is 0 Å². The number of carbonyl (C=O) groups excluding carboxylic acids is 2. The Balaban J connectivity index is 2.16. The number of ether oxygens (including phenoxy) is 1. The Morgan fingerprint density at radius 3 is 2.59 bits per heavy atom. The van der Waals surface area contributed by atoms with E-state index in [-0.39, 0.29) is 11.3 Å². The molecule has 3 atom stereocenters. The molecule has 120 valence electrons. The van der Waals surface area contributed by atoms with Gasteiger partial charge < -0.3 is 20.5 Å². The van der Waals surface area contributed by atoms with E-state index in [1.54, 1.807) is 0 Å². The van der Waals surface area contributed by atoms with Crippen molar-refractivity contribution in [1.29, 1.82) is 0 Å². The minimum Gasteiger partial charge on any atom is -0.494 e. The number of hydrogen-bond donors (Lipinski definition) is 2. The van der Waals surface area contributed by atoms with Crippen molar-refractivity contribution in [3.63, 3.8) is 0 Å². The number of likely N-dealkylation sites (N-methyl/N-ethyl adjacent to an activating group) is 1. The van der Waals surface area contributed by atoms with Crippen LogP contribution in [0.5, 0.6) is 5.75 Å². The number of aliphatic hydroxyl groups excluding tert-OH is 1. The van der Waals surface area contributed by atoms with Gasteiger partial charge in [-0.3, -0.25) is 9.59 Å². The number of aliphatic hydroxyl groups is 1. The number of methoxy groups -OCH3 is 1. The normalized spacial score (nSPS) is 24.1. The summed E-state index contributed by atoms with van der Waals surface area (Å²) in [6, 6.07) is 3.39.